The predicted molar refractivity (Wildman–Crippen MR) is 70.0 cm³/mol. The van der Waals surface area contributed by atoms with Crippen LogP contribution in [-0.4, -0.2) is 35.6 Å². The molecule has 0 bridgehead atoms. The minimum absolute atomic E-state index is 0.209. The molecule has 94 valence electrons. The zero-order valence-corrected chi connectivity index (χ0v) is 10.5. The number of hydrogen-bond donors (Lipinski definition) is 1. The Labute approximate surface area is 107 Å². The molecule has 0 spiro atoms. The lowest BCUT2D eigenvalue weighted by molar-refractivity contribution is -0.142. The van der Waals surface area contributed by atoms with Gasteiger partial charge in [-0.05, 0) is 18.1 Å². The van der Waals surface area contributed by atoms with Crippen LogP contribution >= 0.6 is 0 Å². The summed E-state index contributed by atoms with van der Waals surface area (Å²) in [6.07, 6.45) is 0. The van der Waals surface area contributed by atoms with Crippen molar-refractivity contribution in [2.75, 3.05) is 19.6 Å². The number of nitrogens with zero attached hydrogens (tertiary/aromatic N) is 1. The van der Waals surface area contributed by atoms with Gasteiger partial charge in [-0.2, -0.15) is 0 Å². The quantitative estimate of drug-likeness (QED) is 0.804. The number of benzene rings is 1. The van der Waals surface area contributed by atoms with Gasteiger partial charge in [-0.1, -0.05) is 37.0 Å². The number of aliphatic carboxylic acids is 1. The van der Waals surface area contributed by atoms with Crippen LogP contribution in [0.1, 0.15) is 12.5 Å². The molecule has 3 heteroatoms. The van der Waals surface area contributed by atoms with Gasteiger partial charge in [-0.3, -0.25) is 9.69 Å². The molecule has 0 amide bonds. The zero-order chi connectivity index (χ0) is 13.0. The van der Waals surface area contributed by atoms with Gasteiger partial charge in [-0.25, -0.2) is 0 Å². The van der Waals surface area contributed by atoms with Gasteiger partial charge < -0.3 is 5.11 Å². The van der Waals surface area contributed by atoms with E-state index in [-0.39, 0.29) is 11.8 Å². The maximum Gasteiger partial charge on any atom is 0.308 e. The average Bonchev–Trinajstić information content (AvgIpc) is 2.72. The zero-order valence-electron chi connectivity index (χ0n) is 10.5. The fraction of sp³-hybridized carbons (Fsp3) is 0.400. The molecule has 1 aromatic carbocycles. The standard InChI is InChI=1S/C15H17NO2/c1-12-10-16(11-14(12)15(17)18)9-5-8-13-6-3-2-4-7-13/h2-4,6-7,12,14H,9-11H2,1H3,(H,17,18). The van der Waals surface area contributed by atoms with E-state index >= 15 is 0 Å². The summed E-state index contributed by atoms with van der Waals surface area (Å²) >= 11 is 0. The van der Waals surface area contributed by atoms with Crippen LogP contribution in [0, 0.1) is 23.7 Å². The summed E-state index contributed by atoms with van der Waals surface area (Å²) in [5, 5.41) is 9.04. The number of likely N-dealkylation sites (tertiary alicyclic amines) is 1. The Morgan fingerprint density at radius 3 is 2.72 bits per heavy atom. The molecule has 1 aromatic rings. The summed E-state index contributed by atoms with van der Waals surface area (Å²) in [7, 11) is 0. The molecule has 1 fully saturated rings. The van der Waals surface area contributed by atoms with Crippen LogP contribution in [-0.2, 0) is 4.79 Å². The molecule has 2 unspecified atom stereocenters. The van der Waals surface area contributed by atoms with Crippen molar-refractivity contribution in [2.24, 2.45) is 11.8 Å². The first-order valence-corrected chi connectivity index (χ1v) is 6.16. The van der Waals surface area contributed by atoms with Gasteiger partial charge in [0.25, 0.3) is 0 Å². The predicted octanol–water partition coefficient (Wildman–Crippen LogP) is 1.69. The lowest BCUT2D eigenvalue weighted by Crippen LogP contribution is -2.23. The summed E-state index contributed by atoms with van der Waals surface area (Å²) in [5.41, 5.74) is 1.000. The summed E-state index contributed by atoms with van der Waals surface area (Å²) < 4.78 is 0. The van der Waals surface area contributed by atoms with Crippen LogP contribution in [0.4, 0.5) is 0 Å². The van der Waals surface area contributed by atoms with Crippen LogP contribution in [0.15, 0.2) is 30.3 Å². The van der Waals surface area contributed by atoms with Gasteiger partial charge >= 0.3 is 5.97 Å². The van der Waals surface area contributed by atoms with Gasteiger partial charge in [0.15, 0.2) is 0 Å². The Balaban J connectivity index is 1.89. The monoisotopic (exact) mass is 243 g/mol. The van der Waals surface area contributed by atoms with Crippen LogP contribution in [0.2, 0.25) is 0 Å². The highest BCUT2D eigenvalue weighted by atomic mass is 16.4. The number of carboxylic acid groups (broad SMARTS) is 1. The molecule has 0 radical (unpaired) electrons. The van der Waals surface area contributed by atoms with Crippen molar-refractivity contribution in [1.29, 1.82) is 0 Å². The molecule has 1 heterocycles. The van der Waals surface area contributed by atoms with E-state index in [1.54, 1.807) is 0 Å². The fourth-order valence-electron chi connectivity index (χ4n) is 2.29. The maximum absolute atomic E-state index is 11.0. The largest absolute Gasteiger partial charge is 0.481 e. The Hall–Kier alpha value is -1.79. The molecule has 0 saturated carbocycles. The van der Waals surface area contributed by atoms with Crippen molar-refractivity contribution < 1.29 is 9.90 Å². The van der Waals surface area contributed by atoms with Crippen molar-refractivity contribution in [3.05, 3.63) is 35.9 Å². The molecule has 0 aliphatic carbocycles. The topological polar surface area (TPSA) is 40.5 Å². The lowest BCUT2D eigenvalue weighted by atomic mass is 9.99. The summed E-state index contributed by atoms with van der Waals surface area (Å²) in [6.45, 7) is 4.06. The Bertz CT molecular complexity index is 472. The van der Waals surface area contributed by atoms with E-state index in [9.17, 15) is 4.79 Å². The Morgan fingerprint density at radius 2 is 2.11 bits per heavy atom. The summed E-state index contributed by atoms with van der Waals surface area (Å²) in [4.78, 5) is 13.1. The number of carboxylic acids is 1. The Kier molecular flexibility index (Phi) is 4.01. The minimum atomic E-state index is -0.694. The van der Waals surface area contributed by atoms with Crippen LogP contribution in [0.3, 0.4) is 0 Å². The van der Waals surface area contributed by atoms with E-state index in [1.165, 1.54) is 0 Å². The second-order valence-electron chi connectivity index (χ2n) is 4.78. The van der Waals surface area contributed by atoms with Crippen LogP contribution < -0.4 is 0 Å². The molecule has 1 aliphatic rings. The van der Waals surface area contributed by atoms with Crippen molar-refractivity contribution in [1.82, 2.24) is 4.90 Å². The SMILES string of the molecule is CC1CN(CC#Cc2ccccc2)CC1C(=O)O. The van der Waals surface area contributed by atoms with Gasteiger partial charge in [0.05, 0.1) is 12.5 Å². The molecular weight excluding hydrogens is 226 g/mol. The first kappa shape index (κ1) is 12.7. The molecule has 1 aliphatic heterocycles. The van der Waals surface area contributed by atoms with E-state index < -0.39 is 5.97 Å². The second kappa shape index (κ2) is 5.70. The highest BCUT2D eigenvalue weighted by Gasteiger charge is 2.33. The molecule has 0 aromatic heterocycles. The van der Waals surface area contributed by atoms with Crippen LogP contribution in [0.5, 0.6) is 0 Å². The number of rotatable bonds is 2. The van der Waals surface area contributed by atoms with E-state index in [0.717, 1.165) is 12.1 Å². The molecular formula is C15H17NO2. The number of carbonyl (C=O) groups is 1. The molecule has 3 nitrogen and oxygen atoms in total. The van der Waals surface area contributed by atoms with Gasteiger partial charge in [0.2, 0.25) is 0 Å². The highest BCUT2D eigenvalue weighted by molar-refractivity contribution is 5.71. The first-order chi connectivity index (χ1) is 8.66. The third-order valence-electron chi connectivity index (χ3n) is 3.31. The van der Waals surface area contributed by atoms with Gasteiger partial charge in [0, 0.05) is 18.7 Å². The molecule has 2 rings (SSSR count). The Morgan fingerprint density at radius 1 is 1.39 bits per heavy atom. The lowest BCUT2D eigenvalue weighted by Gasteiger charge is -2.09. The first-order valence-electron chi connectivity index (χ1n) is 6.16. The van der Waals surface area contributed by atoms with E-state index in [2.05, 4.69) is 16.7 Å². The average molecular weight is 243 g/mol. The van der Waals surface area contributed by atoms with E-state index in [0.29, 0.717) is 13.1 Å². The van der Waals surface area contributed by atoms with Crippen LogP contribution in [0.25, 0.3) is 0 Å². The third kappa shape index (κ3) is 3.12. The minimum Gasteiger partial charge on any atom is -0.481 e. The summed E-state index contributed by atoms with van der Waals surface area (Å²) in [5.74, 6) is 5.47. The number of hydrogen-bond acceptors (Lipinski definition) is 2. The van der Waals surface area contributed by atoms with Crippen molar-refractivity contribution >= 4 is 5.97 Å². The van der Waals surface area contributed by atoms with Crippen molar-refractivity contribution in [3.63, 3.8) is 0 Å². The maximum atomic E-state index is 11.0. The fourth-order valence-corrected chi connectivity index (χ4v) is 2.29. The van der Waals surface area contributed by atoms with E-state index in [4.69, 9.17) is 5.11 Å². The van der Waals surface area contributed by atoms with Gasteiger partial charge in [0.1, 0.15) is 0 Å². The second-order valence-corrected chi connectivity index (χ2v) is 4.78. The van der Waals surface area contributed by atoms with Gasteiger partial charge in [-0.15, -0.1) is 0 Å². The third-order valence-corrected chi connectivity index (χ3v) is 3.31. The molecule has 1 saturated heterocycles. The molecule has 18 heavy (non-hydrogen) atoms. The summed E-state index contributed by atoms with van der Waals surface area (Å²) in [6, 6.07) is 9.83. The highest BCUT2D eigenvalue weighted by Crippen LogP contribution is 2.22. The molecule has 2 atom stereocenters. The van der Waals surface area contributed by atoms with Crippen molar-refractivity contribution in [2.45, 2.75) is 6.92 Å². The normalized spacial score (nSPS) is 23.4. The molecule has 1 N–H and O–H groups in total. The van der Waals surface area contributed by atoms with Crippen molar-refractivity contribution in [3.8, 4) is 11.8 Å². The smallest absolute Gasteiger partial charge is 0.308 e. The van der Waals surface area contributed by atoms with E-state index in [1.807, 2.05) is 37.3 Å².